The smallest absolute Gasteiger partial charge is 0.257 e. The molecule has 26 heavy (non-hydrogen) atoms. The van der Waals surface area contributed by atoms with E-state index in [1.165, 1.54) is 0 Å². The minimum atomic E-state index is -0.353. The van der Waals surface area contributed by atoms with Crippen LogP contribution in [0.3, 0.4) is 0 Å². The molecule has 0 bridgehead atoms. The molecule has 3 rings (SSSR count). The number of nitriles is 1. The Bertz CT molecular complexity index is 867. The molecular weight excluding hydrogens is 410 g/mol. The van der Waals surface area contributed by atoms with Crippen molar-refractivity contribution in [2.45, 2.75) is 31.1 Å². The lowest BCUT2D eigenvalue weighted by Crippen LogP contribution is -2.34. The minimum absolute atomic E-state index is 0.235. The normalized spacial score (nSPS) is 15.1. The number of hydrogen-bond acceptors (Lipinski definition) is 3. The number of thiocarbonyl (C=S) groups is 1. The van der Waals surface area contributed by atoms with Crippen molar-refractivity contribution in [3.05, 3.63) is 64.1 Å². The summed E-state index contributed by atoms with van der Waals surface area (Å²) < 4.78 is 0.831. The average molecular weight is 428 g/mol. The molecule has 0 saturated heterocycles. The summed E-state index contributed by atoms with van der Waals surface area (Å²) in [5, 5.41) is 15.5. The van der Waals surface area contributed by atoms with Gasteiger partial charge in [0.1, 0.15) is 0 Å². The number of rotatable bonds is 3. The van der Waals surface area contributed by atoms with Crippen LogP contribution in [0, 0.1) is 11.3 Å². The Labute approximate surface area is 166 Å². The maximum Gasteiger partial charge on any atom is 0.257 e. The number of hydrogen-bond donors (Lipinski definition) is 2. The molecule has 132 valence electrons. The molecule has 1 aliphatic rings. The SMILES string of the molecule is N#CC1(c2ccc(NC(=S)NC(=O)c3cccc(Br)c3)cc2)CCCC1. The Morgan fingerprint density at radius 2 is 1.85 bits per heavy atom. The molecule has 6 heteroatoms. The second-order valence-corrected chi connectivity index (χ2v) is 7.72. The number of anilines is 1. The van der Waals surface area contributed by atoms with Crippen LogP contribution in [0.1, 0.15) is 41.6 Å². The molecule has 4 nitrogen and oxygen atoms in total. The lowest BCUT2D eigenvalue weighted by molar-refractivity contribution is 0.0977. The number of benzene rings is 2. The first-order valence-corrected chi connectivity index (χ1v) is 9.62. The van der Waals surface area contributed by atoms with Crippen molar-refractivity contribution in [1.82, 2.24) is 5.32 Å². The molecule has 0 radical (unpaired) electrons. The van der Waals surface area contributed by atoms with E-state index < -0.39 is 0 Å². The number of carbonyl (C=O) groups excluding carboxylic acids is 1. The van der Waals surface area contributed by atoms with Gasteiger partial charge in [-0.15, -0.1) is 0 Å². The quantitative estimate of drug-likeness (QED) is 0.682. The van der Waals surface area contributed by atoms with E-state index in [1.807, 2.05) is 30.3 Å². The summed E-state index contributed by atoms with van der Waals surface area (Å²) in [5.74, 6) is -0.269. The van der Waals surface area contributed by atoms with Gasteiger partial charge in [0.15, 0.2) is 5.11 Å². The Kier molecular flexibility index (Phi) is 5.70. The molecule has 1 amide bonds. The third-order valence-corrected chi connectivity index (χ3v) is 5.38. The van der Waals surface area contributed by atoms with E-state index in [9.17, 15) is 10.1 Å². The summed E-state index contributed by atoms with van der Waals surface area (Å²) in [5.41, 5.74) is 2.00. The van der Waals surface area contributed by atoms with Crippen LogP contribution < -0.4 is 10.6 Å². The van der Waals surface area contributed by atoms with Crippen LogP contribution in [0.25, 0.3) is 0 Å². The van der Waals surface area contributed by atoms with Gasteiger partial charge in [-0.25, -0.2) is 0 Å². The standard InChI is InChI=1S/C20H18BrN3OS/c21-16-5-3-4-14(12-16)18(25)24-19(26)23-17-8-6-15(7-9-17)20(13-22)10-1-2-11-20/h3-9,12H,1-2,10-11H2,(H2,23,24,25,26). The zero-order valence-electron chi connectivity index (χ0n) is 14.1. The minimum Gasteiger partial charge on any atom is -0.332 e. The van der Waals surface area contributed by atoms with Gasteiger partial charge in [0.05, 0.1) is 11.5 Å². The molecule has 2 aromatic carbocycles. The number of carbonyl (C=O) groups is 1. The summed E-state index contributed by atoms with van der Waals surface area (Å²) in [7, 11) is 0. The first kappa shape index (κ1) is 18.6. The zero-order chi connectivity index (χ0) is 18.6. The van der Waals surface area contributed by atoms with Crippen LogP contribution in [0.2, 0.25) is 0 Å². The molecule has 0 aliphatic heterocycles. The molecule has 2 N–H and O–H groups in total. The predicted molar refractivity (Wildman–Crippen MR) is 110 cm³/mol. The van der Waals surface area contributed by atoms with Gasteiger partial charge >= 0.3 is 0 Å². The van der Waals surface area contributed by atoms with Crippen LogP contribution >= 0.6 is 28.1 Å². The fourth-order valence-corrected chi connectivity index (χ4v) is 3.89. The lowest BCUT2D eigenvalue weighted by atomic mass is 9.80. The molecule has 2 aromatic rings. The van der Waals surface area contributed by atoms with E-state index in [2.05, 4.69) is 32.6 Å². The summed E-state index contributed by atoms with van der Waals surface area (Å²) in [6.45, 7) is 0. The van der Waals surface area contributed by atoms with Crippen molar-refractivity contribution >= 4 is 44.9 Å². The highest BCUT2D eigenvalue weighted by atomic mass is 79.9. The van der Waals surface area contributed by atoms with E-state index in [0.29, 0.717) is 5.56 Å². The van der Waals surface area contributed by atoms with Gasteiger partial charge < -0.3 is 5.32 Å². The van der Waals surface area contributed by atoms with Crippen LogP contribution in [-0.2, 0) is 5.41 Å². The van der Waals surface area contributed by atoms with Gasteiger partial charge in [-0.2, -0.15) is 5.26 Å². The molecule has 0 heterocycles. The third-order valence-electron chi connectivity index (χ3n) is 4.68. The summed E-state index contributed by atoms with van der Waals surface area (Å²) >= 11 is 8.57. The first-order valence-electron chi connectivity index (χ1n) is 8.42. The van der Waals surface area contributed by atoms with Gasteiger partial charge in [-0.1, -0.05) is 47.0 Å². The van der Waals surface area contributed by atoms with E-state index in [0.717, 1.165) is 41.4 Å². The van der Waals surface area contributed by atoms with Crippen molar-refractivity contribution in [2.24, 2.45) is 0 Å². The lowest BCUT2D eigenvalue weighted by Gasteiger charge is -2.21. The fourth-order valence-electron chi connectivity index (χ4n) is 3.28. The monoisotopic (exact) mass is 427 g/mol. The van der Waals surface area contributed by atoms with E-state index in [-0.39, 0.29) is 16.4 Å². The van der Waals surface area contributed by atoms with Crippen molar-refractivity contribution in [3.63, 3.8) is 0 Å². The molecule has 1 fully saturated rings. The molecule has 0 spiro atoms. The Hall–Kier alpha value is -2.23. The van der Waals surface area contributed by atoms with Gasteiger partial charge in [0.25, 0.3) is 5.91 Å². The van der Waals surface area contributed by atoms with E-state index in [1.54, 1.807) is 18.2 Å². The molecule has 0 unspecified atom stereocenters. The molecule has 0 aromatic heterocycles. The van der Waals surface area contributed by atoms with Gasteiger partial charge in [0, 0.05) is 15.7 Å². The average Bonchev–Trinajstić information content (AvgIpc) is 3.12. The first-order chi connectivity index (χ1) is 12.5. The Morgan fingerprint density at radius 3 is 2.46 bits per heavy atom. The molecular formula is C20H18BrN3OS. The van der Waals surface area contributed by atoms with Crippen LogP contribution in [0.4, 0.5) is 5.69 Å². The zero-order valence-corrected chi connectivity index (χ0v) is 16.5. The maximum atomic E-state index is 12.2. The third kappa shape index (κ3) is 4.12. The van der Waals surface area contributed by atoms with Crippen molar-refractivity contribution < 1.29 is 4.79 Å². The molecule has 1 aliphatic carbocycles. The molecule has 1 saturated carbocycles. The number of halogens is 1. The maximum absolute atomic E-state index is 12.2. The van der Waals surface area contributed by atoms with Gasteiger partial charge in [-0.05, 0) is 61.0 Å². The second-order valence-electron chi connectivity index (χ2n) is 6.40. The Balaban J connectivity index is 1.63. The van der Waals surface area contributed by atoms with Crippen LogP contribution in [-0.4, -0.2) is 11.0 Å². The topological polar surface area (TPSA) is 64.9 Å². The number of amides is 1. The van der Waals surface area contributed by atoms with Crippen LogP contribution in [0.15, 0.2) is 53.0 Å². The summed E-state index contributed by atoms with van der Waals surface area (Å²) in [4.78, 5) is 12.2. The van der Waals surface area contributed by atoms with Crippen molar-refractivity contribution in [1.29, 1.82) is 5.26 Å². The largest absolute Gasteiger partial charge is 0.332 e. The highest BCUT2D eigenvalue weighted by Crippen LogP contribution is 2.40. The predicted octanol–water partition coefficient (Wildman–Crippen LogP) is 4.91. The second kappa shape index (κ2) is 7.98. The van der Waals surface area contributed by atoms with E-state index in [4.69, 9.17) is 12.2 Å². The van der Waals surface area contributed by atoms with Crippen molar-refractivity contribution in [2.75, 3.05) is 5.32 Å². The van der Waals surface area contributed by atoms with Crippen LogP contribution in [0.5, 0.6) is 0 Å². The van der Waals surface area contributed by atoms with Crippen molar-refractivity contribution in [3.8, 4) is 6.07 Å². The van der Waals surface area contributed by atoms with Gasteiger partial charge in [-0.3, -0.25) is 10.1 Å². The highest BCUT2D eigenvalue weighted by molar-refractivity contribution is 9.10. The summed E-state index contributed by atoms with van der Waals surface area (Å²) in [6.07, 6.45) is 4.02. The number of nitrogens with one attached hydrogen (secondary N) is 2. The highest BCUT2D eigenvalue weighted by Gasteiger charge is 2.35. The van der Waals surface area contributed by atoms with Gasteiger partial charge in [0.2, 0.25) is 0 Å². The van der Waals surface area contributed by atoms with E-state index >= 15 is 0 Å². The molecule has 0 atom stereocenters. The fraction of sp³-hybridized carbons (Fsp3) is 0.250. The summed E-state index contributed by atoms with van der Waals surface area (Å²) in [6, 6.07) is 17.3. The number of nitrogens with zero attached hydrogens (tertiary/aromatic N) is 1. The Morgan fingerprint density at radius 1 is 1.15 bits per heavy atom.